The van der Waals surface area contributed by atoms with Gasteiger partial charge in [-0.3, -0.25) is 4.79 Å². The molecular formula is C17H14N4O. The Morgan fingerprint density at radius 3 is 2.64 bits per heavy atom. The van der Waals surface area contributed by atoms with Crippen LogP contribution in [0.1, 0.15) is 29.9 Å². The maximum Gasteiger partial charge on any atom is 0.278 e. The normalized spacial score (nSPS) is 14.2. The first-order chi connectivity index (χ1) is 10.7. The van der Waals surface area contributed by atoms with Crippen molar-refractivity contribution in [2.24, 2.45) is 7.05 Å². The van der Waals surface area contributed by atoms with Gasteiger partial charge in [0.2, 0.25) is 0 Å². The van der Waals surface area contributed by atoms with E-state index in [-0.39, 0.29) is 5.56 Å². The number of hydrogen-bond donors (Lipinski definition) is 0. The summed E-state index contributed by atoms with van der Waals surface area (Å²) in [7, 11) is 1.89. The largest absolute Gasteiger partial charge is 0.327 e. The minimum absolute atomic E-state index is 0.101. The standard InChI is InChI=1S/C17H14N4O/c1-20-15(12-5-3-2-4-6-12)14(11-7-8-11)17(22)21-16(20)13(9-18)10-19-21/h2-6,10-11H,7-8H2,1H3. The lowest BCUT2D eigenvalue weighted by atomic mass is 10.0. The molecule has 1 aliphatic rings. The van der Waals surface area contributed by atoms with E-state index in [0.717, 1.165) is 29.7 Å². The van der Waals surface area contributed by atoms with E-state index in [1.54, 1.807) is 0 Å². The van der Waals surface area contributed by atoms with Crippen LogP contribution in [0.15, 0.2) is 41.3 Å². The monoisotopic (exact) mass is 290 g/mol. The molecule has 2 heterocycles. The molecule has 0 amide bonds. The lowest BCUT2D eigenvalue weighted by Gasteiger charge is -2.16. The second-order valence-electron chi connectivity index (χ2n) is 5.67. The summed E-state index contributed by atoms with van der Waals surface area (Å²) in [5, 5.41) is 13.4. The minimum atomic E-state index is -0.101. The molecule has 0 atom stereocenters. The van der Waals surface area contributed by atoms with Crippen LogP contribution in [0.3, 0.4) is 0 Å². The molecule has 1 fully saturated rings. The summed E-state index contributed by atoms with van der Waals surface area (Å²) in [5.41, 5.74) is 3.58. The van der Waals surface area contributed by atoms with Crippen LogP contribution in [-0.2, 0) is 7.05 Å². The van der Waals surface area contributed by atoms with Crippen LogP contribution in [0.4, 0.5) is 0 Å². The van der Waals surface area contributed by atoms with Crippen molar-refractivity contribution in [3.8, 4) is 17.3 Å². The molecule has 4 rings (SSSR count). The predicted molar refractivity (Wildman–Crippen MR) is 82.6 cm³/mol. The number of nitriles is 1. The van der Waals surface area contributed by atoms with Gasteiger partial charge in [-0.1, -0.05) is 30.3 Å². The zero-order valence-corrected chi connectivity index (χ0v) is 12.2. The molecule has 0 aliphatic heterocycles. The van der Waals surface area contributed by atoms with Gasteiger partial charge in [-0.2, -0.15) is 14.9 Å². The molecule has 2 aromatic heterocycles. The van der Waals surface area contributed by atoms with Gasteiger partial charge in [0.1, 0.15) is 11.6 Å². The predicted octanol–water partition coefficient (Wildman–Crippen LogP) is 2.45. The highest BCUT2D eigenvalue weighted by atomic mass is 16.1. The number of aryl methyl sites for hydroxylation is 1. The van der Waals surface area contributed by atoms with E-state index in [0.29, 0.717) is 17.1 Å². The van der Waals surface area contributed by atoms with Gasteiger partial charge in [0, 0.05) is 12.6 Å². The number of benzene rings is 1. The molecule has 3 aromatic rings. The van der Waals surface area contributed by atoms with E-state index in [1.165, 1.54) is 10.7 Å². The van der Waals surface area contributed by atoms with Crippen molar-refractivity contribution in [2.45, 2.75) is 18.8 Å². The van der Waals surface area contributed by atoms with Crippen molar-refractivity contribution in [2.75, 3.05) is 0 Å². The van der Waals surface area contributed by atoms with Gasteiger partial charge >= 0.3 is 0 Å². The van der Waals surface area contributed by atoms with Crippen molar-refractivity contribution >= 4 is 5.65 Å². The lowest BCUT2D eigenvalue weighted by Crippen LogP contribution is -2.24. The summed E-state index contributed by atoms with van der Waals surface area (Å²) in [6.07, 6.45) is 3.53. The Morgan fingerprint density at radius 1 is 1.27 bits per heavy atom. The zero-order valence-electron chi connectivity index (χ0n) is 12.2. The van der Waals surface area contributed by atoms with E-state index in [4.69, 9.17) is 0 Å². The first-order valence-corrected chi connectivity index (χ1v) is 7.28. The number of hydrogen-bond acceptors (Lipinski definition) is 3. The molecule has 0 radical (unpaired) electrons. The molecule has 1 aromatic carbocycles. The molecule has 0 unspecified atom stereocenters. The first kappa shape index (κ1) is 12.8. The Morgan fingerprint density at radius 2 is 2.00 bits per heavy atom. The Labute approximate surface area is 127 Å². The van der Waals surface area contributed by atoms with Crippen molar-refractivity contribution in [1.29, 1.82) is 5.26 Å². The van der Waals surface area contributed by atoms with Crippen LogP contribution in [0.25, 0.3) is 16.9 Å². The number of fused-ring (bicyclic) bond motifs is 1. The highest BCUT2D eigenvalue weighted by Gasteiger charge is 2.32. The van der Waals surface area contributed by atoms with E-state index < -0.39 is 0 Å². The molecule has 0 spiro atoms. The van der Waals surface area contributed by atoms with Gasteiger partial charge in [-0.15, -0.1) is 0 Å². The highest BCUT2D eigenvalue weighted by Crippen LogP contribution is 2.42. The average molecular weight is 290 g/mol. The van der Waals surface area contributed by atoms with Crippen LogP contribution in [0.2, 0.25) is 0 Å². The fraction of sp³-hybridized carbons (Fsp3) is 0.235. The zero-order chi connectivity index (χ0) is 15.3. The van der Waals surface area contributed by atoms with E-state index >= 15 is 0 Å². The van der Waals surface area contributed by atoms with E-state index in [2.05, 4.69) is 11.2 Å². The second kappa shape index (κ2) is 4.57. The highest BCUT2D eigenvalue weighted by molar-refractivity contribution is 5.70. The molecular weight excluding hydrogens is 276 g/mol. The maximum atomic E-state index is 12.9. The van der Waals surface area contributed by atoms with Gasteiger partial charge < -0.3 is 4.57 Å². The third-order valence-electron chi connectivity index (χ3n) is 4.23. The smallest absolute Gasteiger partial charge is 0.278 e. The van der Waals surface area contributed by atoms with Crippen LogP contribution in [0.5, 0.6) is 0 Å². The Bertz CT molecular complexity index is 972. The van der Waals surface area contributed by atoms with Gasteiger partial charge in [0.25, 0.3) is 5.56 Å². The number of rotatable bonds is 2. The van der Waals surface area contributed by atoms with Gasteiger partial charge in [-0.25, -0.2) is 0 Å². The Balaban J connectivity index is 2.18. The fourth-order valence-corrected chi connectivity index (χ4v) is 3.08. The Kier molecular flexibility index (Phi) is 2.67. The van der Waals surface area contributed by atoms with Crippen molar-refractivity contribution < 1.29 is 0 Å². The molecule has 0 N–H and O–H groups in total. The van der Waals surface area contributed by atoms with Gasteiger partial charge in [-0.05, 0) is 24.3 Å². The summed E-state index contributed by atoms with van der Waals surface area (Å²) >= 11 is 0. The summed E-state index contributed by atoms with van der Waals surface area (Å²) in [5.74, 6) is 0.299. The quantitative estimate of drug-likeness (QED) is 0.728. The number of nitrogens with zero attached hydrogens (tertiary/aromatic N) is 4. The first-order valence-electron chi connectivity index (χ1n) is 7.28. The SMILES string of the molecule is Cn1c(-c2ccccc2)c(C2CC2)c(=O)n2ncc(C#N)c12. The molecule has 1 aliphatic carbocycles. The third-order valence-corrected chi connectivity index (χ3v) is 4.23. The Hall–Kier alpha value is -2.87. The molecule has 22 heavy (non-hydrogen) atoms. The topological polar surface area (TPSA) is 63.1 Å². The van der Waals surface area contributed by atoms with E-state index in [9.17, 15) is 10.1 Å². The van der Waals surface area contributed by atoms with Gasteiger partial charge in [0.05, 0.1) is 11.9 Å². The fourth-order valence-electron chi connectivity index (χ4n) is 3.08. The molecule has 1 saturated carbocycles. The maximum absolute atomic E-state index is 12.9. The lowest BCUT2D eigenvalue weighted by molar-refractivity contribution is 0.801. The summed E-state index contributed by atoms with van der Waals surface area (Å²) < 4.78 is 3.29. The van der Waals surface area contributed by atoms with Crippen molar-refractivity contribution in [3.05, 3.63) is 58.0 Å². The van der Waals surface area contributed by atoms with Crippen molar-refractivity contribution in [3.63, 3.8) is 0 Å². The minimum Gasteiger partial charge on any atom is -0.327 e. The van der Waals surface area contributed by atoms with Crippen molar-refractivity contribution in [1.82, 2.24) is 14.2 Å². The van der Waals surface area contributed by atoms with Gasteiger partial charge in [0.15, 0.2) is 5.65 Å². The third kappa shape index (κ3) is 1.70. The van der Waals surface area contributed by atoms with Crippen LogP contribution >= 0.6 is 0 Å². The molecule has 0 bridgehead atoms. The summed E-state index contributed by atoms with van der Waals surface area (Å²) in [6.45, 7) is 0. The number of aromatic nitrogens is 3. The summed E-state index contributed by atoms with van der Waals surface area (Å²) in [6, 6.07) is 12.0. The molecule has 5 nitrogen and oxygen atoms in total. The molecule has 108 valence electrons. The summed E-state index contributed by atoms with van der Waals surface area (Å²) in [4.78, 5) is 12.9. The second-order valence-corrected chi connectivity index (χ2v) is 5.67. The molecule has 0 saturated heterocycles. The van der Waals surface area contributed by atoms with E-state index in [1.807, 2.05) is 41.9 Å². The average Bonchev–Trinajstić information content (AvgIpc) is 3.28. The van der Waals surface area contributed by atoms with Crippen LogP contribution < -0.4 is 5.56 Å². The molecule has 5 heteroatoms. The van der Waals surface area contributed by atoms with Crippen LogP contribution in [0, 0.1) is 11.3 Å². The van der Waals surface area contributed by atoms with Crippen LogP contribution in [-0.4, -0.2) is 14.2 Å².